The fourth-order valence-corrected chi connectivity index (χ4v) is 3.56. The van der Waals surface area contributed by atoms with Crippen LogP contribution in [0.15, 0.2) is 28.7 Å². The number of carbonyl (C=O) groups excluding carboxylic acids is 2. The van der Waals surface area contributed by atoms with Gasteiger partial charge in [-0.2, -0.15) is 0 Å². The predicted octanol–water partition coefficient (Wildman–Crippen LogP) is 2.04. The topological polar surface area (TPSA) is 52.7 Å². The van der Waals surface area contributed by atoms with Crippen LogP contribution in [0.5, 0.6) is 0 Å². The number of piperazine rings is 1. The number of nitrogens with one attached hydrogen (secondary N) is 1. The van der Waals surface area contributed by atoms with Crippen molar-refractivity contribution >= 4 is 45.8 Å². The molecule has 0 saturated carbocycles. The van der Waals surface area contributed by atoms with E-state index in [1.165, 1.54) is 0 Å². The van der Waals surface area contributed by atoms with Crippen LogP contribution in [-0.4, -0.2) is 48.9 Å². The third-order valence-electron chi connectivity index (χ3n) is 4.38. The second-order valence-electron chi connectivity index (χ2n) is 5.97. The van der Waals surface area contributed by atoms with Crippen LogP contribution in [-0.2, 0) is 9.59 Å². The number of benzene rings is 1. The summed E-state index contributed by atoms with van der Waals surface area (Å²) >= 11 is 3.42. The molecule has 3 rings (SSSR count). The standard InChI is InChI=1S/C16H20BrN3O2.ClH/c1-11-9-18-5-6-19(11)16(22)12-7-15(21)20(10-12)14-4-2-3-13(17)8-14;/h2-4,8,11-12,18H,5-7,9-10H2,1H3;1H/t11-,12?;/m0./s1. The summed E-state index contributed by atoms with van der Waals surface area (Å²) in [5.41, 5.74) is 0.850. The Morgan fingerprint density at radius 3 is 2.87 bits per heavy atom. The smallest absolute Gasteiger partial charge is 0.228 e. The Morgan fingerprint density at radius 2 is 2.17 bits per heavy atom. The van der Waals surface area contributed by atoms with E-state index in [0.29, 0.717) is 13.0 Å². The third-order valence-corrected chi connectivity index (χ3v) is 4.87. The van der Waals surface area contributed by atoms with Gasteiger partial charge >= 0.3 is 0 Å². The number of halogens is 2. The number of amides is 2. The maximum Gasteiger partial charge on any atom is 0.228 e. The lowest BCUT2D eigenvalue weighted by Crippen LogP contribution is -2.54. The molecule has 1 unspecified atom stereocenters. The molecule has 0 bridgehead atoms. The molecule has 1 aromatic carbocycles. The monoisotopic (exact) mass is 401 g/mol. The van der Waals surface area contributed by atoms with Gasteiger partial charge in [0.1, 0.15) is 0 Å². The first-order chi connectivity index (χ1) is 10.6. The number of hydrogen-bond acceptors (Lipinski definition) is 3. The fraction of sp³-hybridized carbons (Fsp3) is 0.500. The Balaban J connectivity index is 0.00000192. The van der Waals surface area contributed by atoms with Crippen LogP contribution in [0.4, 0.5) is 5.69 Å². The summed E-state index contributed by atoms with van der Waals surface area (Å²) in [5, 5.41) is 3.28. The number of anilines is 1. The van der Waals surface area contributed by atoms with Crippen molar-refractivity contribution in [1.29, 1.82) is 0 Å². The minimum absolute atomic E-state index is 0. The van der Waals surface area contributed by atoms with Crippen LogP contribution in [0.1, 0.15) is 13.3 Å². The van der Waals surface area contributed by atoms with E-state index in [1.54, 1.807) is 4.90 Å². The number of hydrogen-bond donors (Lipinski definition) is 1. The van der Waals surface area contributed by atoms with E-state index in [-0.39, 0.29) is 36.2 Å². The summed E-state index contributed by atoms with van der Waals surface area (Å²) in [6, 6.07) is 7.84. The van der Waals surface area contributed by atoms with E-state index in [0.717, 1.165) is 29.8 Å². The Bertz CT molecular complexity index is 598. The van der Waals surface area contributed by atoms with E-state index in [4.69, 9.17) is 0 Å². The highest BCUT2D eigenvalue weighted by atomic mass is 79.9. The van der Waals surface area contributed by atoms with Gasteiger partial charge in [0.2, 0.25) is 11.8 Å². The van der Waals surface area contributed by atoms with Crippen molar-refractivity contribution in [2.24, 2.45) is 5.92 Å². The summed E-state index contributed by atoms with van der Waals surface area (Å²) in [7, 11) is 0. The molecule has 2 heterocycles. The molecule has 0 radical (unpaired) electrons. The minimum atomic E-state index is -0.230. The molecule has 23 heavy (non-hydrogen) atoms. The third kappa shape index (κ3) is 3.87. The van der Waals surface area contributed by atoms with Crippen molar-refractivity contribution in [3.63, 3.8) is 0 Å². The molecule has 5 nitrogen and oxygen atoms in total. The molecule has 7 heteroatoms. The maximum absolute atomic E-state index is 12.7. The second-order valence-corrected chi connectivity index (χ2v) is 6.89. The van der Waals surface area contributed by atoms with E-state index in [9.17, 15) is 9.59 Å². The summed E-state index contributed by atoms with van der Waals surface area (Å²) < 4.78 is 0.934. The van der Waals surface area contributed by atoms with E-state index >= 15 is 0 Å². The van der Waals surface area contributed by atoms with Crippen molar-refractivity contribution in [3.05, 3.63) is 28.7 Å². The highest BCUT2D eigenvalue weighted by molar-refractivity contribution is 9.10. The van der Waals surface area contributed by atoms with Gasteiger partial charge in [0.15, 0.2) is 0 Å². The lowest BCUT2D eigenvalue weighted by atomic mass is 10.1. The van der Waals surface area contributed by atoms with Crippen LogP contribution >= 0.6 is 28.3 Å². The first-order valence-electron chi connectivity index (χ1n) is 7.63. The van der Waals surface area contributed by atoms with Gasteiger partial charge in [-0.05, 0) is 25.1 Å². The quantitative estimate of drug-likeness (QED) is 0.824. The SMILES string of the molecule is C[C@H]1CNCCN1C(=O)C1CC(=O)N(c2cccc(Br)c2)C1.Cl. The average Bonchev–Trinajstić information content (AvgIpc) is 2.89. The fourth-order valence-electron chi connectivity index (χ4n) is 3.17. The van der Waals surface area contributed by atoms with Crippen molar-refractivity contribution in [3.8, 4) is 0 Å². The normalized spacial score (nSPS) is 24.5. The molecule has 0 aliphatic carbocycles. The zero-order chi connectivity index (χ0) is 15.7. The van der Waals surface area contributed by atoms with E-state index < -0.39 is 0 Å². The van der Waals surface area contributed by atoms with Crippen molar-refractivity contribution in [2.45, 2.75) is 19.4 Å². The second kappa shape index (κ2) is 7.64. The molecule has 2 saturated heterocycles. The van der Waals surface area contributed by atoms with Gasteiger partial charge in [0.05, 0.1) is 5.92 Å². The largest absolute Gasteiger partial charge is 0.337 e. The van der Waals surface area contributed by atoms with Crippen LogP contribution in [0.3, 0.4) is 0 Å². The molecule has 0 aromatic heterocycles. The zero-order valence-electron chi connectivity index (χ0n) is 13.0. The van der Waals surface area contributed by atoms with Gasteiger partial charge in [-0.1, -0.05) is 22.0 Å². The van der Waals surface area contributed by atoms with Crippen LogP contribution < -0.4 is 10.2 Å². The Labute approximate surface area is 150 Å². The minimum Gasteiger partial charge on any atom is -0.337 e. The first kappa shape index (κ1) is 18.2. The summed E-state index contributed by atoms with van der Waals surface area (Å²) in [5.74, 6) is -0.0916. The van der Waals surface area contributed by atoms with Gasteiger partial charge in [-0.25, -0.2) is 0 Å². The lowest BCUT2D eigenvalue weighted by molar-refractivity contribution is -0.138. The molecular formula is C16H21BrClN3O2. The molecule has 1 N–H and O–H groups in total. The van der Waals surface area contributed by atoms with Crippen molar-refractivity contribution in [2.75, 3.05) is 31.1 Å². The van der Waals surface area contributed by atoms with Gasteiger partial charge in [-0.3, -0.25) is 9.59 Å². The first-order valence-corrected chi connectivity index (χ1v) is 8.42. The lowest BCUT2D eigenvalue weighted by Gasteiger charge is -2.35. The molecule has 126 valence electrons. The van der Waals surface area contributed by atoms with Crippen molar-refractivity contribution in [1.82, 2.24) is 10.2 Å². The van der Waals surface area contributed by atoms with Crippen LogP contribution in [0.2, 0.25) is 0 Å². The zero-order valence-corrected chi connectivity index (χ0v) is 15.4. The molecular weight excluding hydrogens is 382 g/mol. The molecule has 2 amide bonds. The highest BCUT2D eigenvalue weighted by Gasteiger charge is 2.38. The van der Waals surface area contributed by atoms with Crippen molar-refractivity contribution < 1.29 is 9.59 Å². The molecule has 1 aromatic rings. The predicted molar refractivity (Wildman–Crippen MR) is 95.9 cm³/mol. The number of rotatable bonds is 2. The van der Waals surface area contributed by atoms with Gasteiger partial charge in [-0.15, -0.1) is 12.4 Å². The molecule has 0 spiro atoms. The molecule has 2 aliphatic heterocycles. The molecule has 2 fully saturated rings. The van der Waals surface area contributed by atoms with Gasteiger partial charge < -0.3 is 15.1 Å². The van der Waals surface area contributed by atoms with E-state index in [2.05, 4.69) is 21.2 Å². The van der Waals surface area contributed by atoms with Gasteiger partial charge in [0.25, 0.3) is 0 Å². The van der Waals surface area contributed by atoms with Crippen LogP contribution in [0.25, 0.3) is 0 Å². The summed E-state index contributed by atoms with van der Waals surface area (Å²) in [6.07, 6.45) is 0.308. The highest BCUT2D eigenvalue weighted by Crippen LogP contribution is 2.28. The Kier molecular flexibility index (Phi) is 6.06. The van der Waals surface area contributed by atoms with Gasteiger partial charge in [0, 0.05) is 48.8 Å². The maximum atomic E-state index is 12.7. The molecule has 2 atom stereocenters. The molecule has 2 aliphatic rings. The summed E-state index contributed by atoms with van der Waals surface area (Å²) in [4.78, 5) is 28.6. The summed E-state index contributed by atoms with van der Waals surface area (Å²) in [6.45, 7) is 4.90. The Hall–Kier alpha value is -1.11. The van der Waals surface area contributed by atoms with Crippen LogP contribution in [0, 0.1) is 5.92 Å². The van der Waals surface area contributed by atoms with E-state index in [1.807, 2.05) is 36.1 Å². The number of nitrogens with zero attached hydrogens (tertiary/aromatic N) is 2. The Morgan fingerprint density at radius 1 is 1.39 bits per heavy atom. The average molecular weight is 403 g/mol. The number of carbonyl (C=O) groups is 2.